The lowest BCUT2D eigenvalue weighted by Crippen LogP contribution is -2.45. The Morgan fingerprint density at radius 3 is 2.89 bits per heavy atom. The van der Waals surface area contributed by atoms with Crippen LogP contribution < -0.4 is 5.32 Å². The number of nitrogens with one attached hydrogen (secondary N) is 1. The Bertz CT molecular complexity index is 455. The van der Waals surface area contributed by atoms with Crippen molar-refractivity contribution in [3.05, 3.63) is 30.3 Å². The van der Waals surface area contributed by atoms with Crippen molar-refractivity contribution >= 4 is 28.6 Å². The lowest BCUT2D eigenvalue weighted by molar-refractivity contribution is -0.128. The summed E-state index contributed by atoms with van der Waals surface area (Å²) in [7, 11) is 1.62. The zero-order chi connectivity index (χ0) is 13.8. The van der Waals surface area contributed by atoms with Gasteiger partial charge >= 0.3 is 0 Å². The smallest absolute Gasteiger partial charge is 0.238 e. The molecular weight excluding hydrogens is 264 g/mol. The van der Waals surface area contributed by atoms with E-state index in [1.54, 1.807) is 7.05 Å². The topological polar surface area (TPSA) is 66.5 Å². The van der Waals surface area contributed by atoms with E-state index in [9.17, 15) is 14.4 Å². The van der Waals surface area contributed by atoms with E-state index in [-0.39, 0.29) is 29.1 Å². The zero-order valence-electron chi connectivity index (χ0n) is 10.6. The van der Waals surface area contributed by atoms with Crippen LogP contribution in [-0.2, 0) is 14.4 Å². The fourth-order valence-corrected chi connectivity index (χ4v) is 2.89. The van der Waals surface area contributed by atoms with E-state index in [0.29, 0.717) is 0 Å². The first-order valence-electron chi connectivity index (χ1n) is 5.97. The van der Waals surface area contributed by atoms with Gasteiger partial charge in [-0.05, 0) is 26.0 Å². The average Bonchev–Trinajstić information content (AvgIpc) is 2.70. The number of amides is 1. The number of hydrogen-bond acceptors (Lipinski definition) is 5. The molecule has 1 aliphatic heterocycles. The van der Waals surface area contributed by atoms with Crippen LogP contribution >= 0.6 is 11.8 Å². The maximum Gasteiger partial charge on any atom is 0.238 e. The van der Waals surface area contributed by atoms with E-state index in [4.69, 9.17) is 0 Å². The van der Waals surface area contributed by atoms with Crippen LogP contribution in [0.4, 0.5) is 0 Å². The predicted octanol–water partition coefficient (Wildman–Crippen LogP) is 0.294. The van der Waals surface area contributed by atoms with Crippen LogP contribution in [0, 0.1) is 6.42 Å². The quantitative estimate of drug-likeness (QED) is 0.749. The molecule has 6 heteroatoms. The SMILES string of the molecule is CN(CC(=O)NC1=CC[CH]C=C1)C1C(=O)CSC1=O. The molecule has 1 aliphatic carbocycles. The molecule has 2 rings (SSSR count). The molecule has 0 aromatic rings. The van der Waals surface area contributed by atoms with Crippen LogP contribution in [0.15, 0.2) is 23.9 Å². The van der Waals surface area contributed by atoms with Crippen LogP contribution in [0.5, 0.6) is 0 Å². The van der Waals surface area contributed by atoms with Gasteiger partial charge in [-0.1, -0.05) is 23.9 Å². The van der Waals surface area contributed by atoms with Gasteiger partial charge in [0, 0.05) is 5.70 Å². The lowest BCUT2D eigenvalue weighted by Gasteiger charge is -2.20. The molecule has 1 amide bonds. The molecule has 0 aromatic carbocycles. The fourth-order valence-electron chi connectivity index (χ4n) is 1.98. The molecule has 1 atom stereocenters. The van der Waals surface area contributed by atoms with Crippen LogP contribution in [-0.4, -0.2) is 47.1 Å². The van der Waals surface area contributed by atoms with Gasteiger partial charge < -0.3 is 5.32 Å². The second-order valence-corrected chi connectivity index (χ2v) is 5.41. The van der Waals surface area contributed by atoms with Crippen molar-refractivity contribution in [3.8, 4) is 0 Å². The minimum atomic E-state index is -0.778. The Kier molecular flexibility index (Phi) is 4.55. The Morgan fingerprint density at radius 2 is 2.32 bits per heavy atom. The standard InChI is InChI=1S/C13H15N2O3S/c1-15(12-10(16)8-19-13(12)18)7-11(17)14-9-5-3-2-4-6-9/h2-3,5-6,12H,4,7-8H2,1H3,(H,14,17). The minimum absolute atomic E-state index is 0.0254. The number of hydrogen-bond donors (Lipinski definition) is 1. The molecule has 1 heterocycles. The Labute approximate surface area is 116 Å². The first-order valence-corrected chi connectivity index (χ1v) is 6.96. The molecular formula is C13H15N2O3S. The van der Waals surface area contributed by atoms with Crippen LogP contribution in [0.3, 0.4) is 0 Å². The van der Waals surface area contributed by atoms with Gasteiger partial charge in [-0.2, -0.15) is 0 Å². The van der Waals surface area contributed by atoms with Crippen LogP contribution in [0.25, 0.3) is 0 Å². The molecule has 1 radical (unpaired) electrons. The molecule has 0 saturated carbocycles. The van der Waals surface area contributed by atoms with E-state index in [2.05, 4.69) is 5.32 Å². The summed E-state index contributed by atoms with van der Waals surface area (Å²) < 4.78 is 0. The summed E-state index contributed by atoms with van der Waals surface area (Å²) in [4.78, 5) is 36.4. The third-order valence-electron chi connectivity index (χ3n) is 2.89. The summed E-state index contributed by atoms with van der Waals surface area (Å²) >= 11 is 1.02. The third-order valence-corrected chi connectivity index (χ3v) is 3.82. The number of allylic oxidation sites excluding steroid dienone is 3. The van der Waals surface area contributed by atoms with E-state index >= 15 is 0 Å². The van der Waals surface area contributed by atoms with Crippen molar-refractivity contribution in [2.75, 3.05) is 19.3 Å². The van der Waals surface area contributed by atoms with Gasteiger partial charge in [-0.15, -0.1) is 0 Å². The number of thioether (sulfide) groups is 1. The molecule has 0 aromatic heterocycles. The summed E-state index contributed by atoms with van der Waals surface area (Å²) in [5, 5.41) is 2.57. The highest BCUT2D eigenvalue weighted by Crippen LogP contribution is 2.20. The molecule has 0 spiro atoms. The number of nitrogens with zero attached hydrogens (tertiary/aromatic N) is 1. The molecule has 101 valence electrons. The second-order valence-electron chi connectivity index (χ2n) is 4.43. The number of ketones is 1. The van der Waals surface area contributed by atoms with E-state index < -0.39 is 6.04 Å². The Hall–Kier alpha value is -1.40. The van der Waals surface area contributed by atoms with Gasteiger partial charge in [0.05, 0.1) is 12.3 Å². The highest BCUT2D eigenvalue weighted by Gasteiger charge is 2.37. The molecule has 0 bridgehead atoms. The van der Waals surface area contributed by atoms with E-state index in [0.717, 1.165) is 23.9 Å². The van der Waals surface area contributed by atoms with E-state index in [1.807, 2.05) is 24.6 Å². The number of carbonyl (C=O) groups is 3. The molecule has 1 N–H and O–H groups in total. The Balaban J connectivity index is 1.88. The summed E-state index contributed by atoms with van der Waals surface area (Å²) in [6, 6.07) is -0.778. The zero-order valence-corrected chi connectivity index (χ0v) is 11.4. The van der Waals surface area contributed by atoms with Gasteiger partial charge in [0.2, 0.25) is 11.0 Å². The van der Waals surface area contributed by atoms with Gasteiger partial charge in [0.1, 0.15) is 6.04 Å². The molecule has 1 unspecified atom stereocenters. The fraction of sp³-hybridized carbons (Fsp3) is 0.385. The van der Waals surface area contributed by atoms with E-state index in [1.165, 1.54) is 4.90 Å². The third kappa shape index (κ3) is 3.54. The van der Waals surface area contributed by atoms with Crippen molar-refractivity contribution in [3.63, 3.8) is 0 Å². The van der Waals surface area contributed by atoms with Crippen LogP contribution in [0.1, 0.15) is 6.42 Å². The number of Topliss-reactive ketones (excluding diaryl/α,β-unsaturated/α-hetero) is 1. The molecule has 1 saturated heterocycles. The van der Waals surface area contributed by atoms with Crippen molar-refractivity contribution in [2.45, 2.75) is 12.5 Å². The highest BCUT2D eigenvalue weighted by molar-refractivity contribution is 8.15. The summed E-state index contributed by atoms with van der Waals surface area (Å²) in [6.45, 7) is 0.0254. The highest BCUT2D eigenvalue weighted by atomic mass is 32.2. The minimum Gasteiger partial charge on any atom is -0.325 e. The molecule has 5 nitrogen and oxygen atoms in total. The number of carbonyl (C=O) groups excluding carboxylic acids is 3. The first-order chi connectivity index (χ1) is 9.08. The predicted molar refractivity (Wildman–Crippen MR) is 73.2 cm³/mol. The molecule has 19 heavy (non-hydrogen) atoms. The van der Waals surface area contributed by atoms with Gasteiger partial charge in [0.25, 0.3) is 0 Å². The summed E-state index contributed by atoms with van der Waals surface area (Å²) in [5.74, 6) is -0.145. The molecule has 2 aliphatic rings. The Morgan fingerprint density at radius 1 is 1.53 bits per heavy atom. The lowest BCUT2D eigenvalue weighted by atomic mass is 10.1. The van der Waals surface area contributed by atoms with Crippen molar-refractivity contribution < 1.29 is 14.4 Å². The van der Waals surface area contributed by atoms with Crippen molar-refractivity contribution in [1.29, 1.82) is 0 Å². The summed E-state index contributed by atoms with van der Waals surface area (Å²) in [6.07, 6.45) is 8.36. The first kappa shape index (κ1) is 14.0. The number of likely N-dealkylation sites (N-methyl/N-ethyl adjacent to an activating group) is 1. The van der Waals surface area contributed by atoms with Crippen LogP contribution in [0.2, 0.25) is 0 Å². The monoisotopic (exact) mass is 279 g/mol. The average molecular weight is 279 g/mol. The second kappa shape index (κ2) is 6.16. The van der Waals surface area contributed by atoms with Crippen molar-refractivity contribution in [2.24, 2.45) is 0 Å². The molecule has 1 fully saturated rings. The normalized spacial score (nSPS) is 22.8. The van der Waals surface area contributed by atoms with Gasteiger partial charge in [0.15, 0.2) is 5.78 Å². The maximum absolute atomic E-state index is 11.8. The largest absolute Gasteiger partial charge is 0.325 e. The van der Waals surface area contributed by atoms with Gasteiger partial charge in [-0.3, -0.25) is 19.3 Å². The summed E-state index contributed by atoms with van der Waals surface area (Å²) in [5.41, 5.74) is 0.749. The van der Waals surface area contributed by atoms with Gasteiger partial charge in [-0.25, -0.2) is 0 Å². The maximum atomic E-state index is 11.8. The van der Waals surface area contributed by atoms with Crippen molar-refractivity contribution in [1.82, 2.24) is 10.2 Å². The number of rotatable bonds is 4.